The van der Waals surface area contributed by atoms with E-state index in [0.29, 0.717) is 6.61 Å². The topological polar surface area (TPSA) is 44.5 Å². The van der Waals surface area contributed by atoms with Crippen molar-refractivity contribution in [3.05, 3.63) is 23.8 Å². The Labute approximate surface area is 96.5 Å². The van der Waals surface area contributed by atoms with Gasteiger partial charge in [-0.3, -0.25) is 0 Å². The number of hydrogen-bond acceptors (Lipinski definition) is 3. The van der Waals surface area contributed by atoms with E-state index < -0.39 is 0 Å². The van der Waals surface area contributed by atoms with Crippen molar-refractivity contribution in [2.75, 3.05) is 13.7 Å². The summed E-state index contributed by atoms with van der Waals surface area (Å²) in [6, 6.07) is 5.89. The maximum atomic E-state index is 6.16. The second kappa shape index (κ2) is 4.34. The number of ether oxygens (including phenoxy) is 2. The molecule has 2 rings (SSSR count). The number of hydrogen-bond donors (Lipinski definition) is 1. The minimum Gasteiger partial charge on any atom is -0.496 e. The Balaban J connectivity index is 2.29. The van der Waals surface area contributed by atoms with E-state index in [9.17, 15) is 0 Å². The maximum Gasteiger partial charge on any atom is 0.126 e. The standard InChI is InChI=1S/C13H19NO2/c1-3-16-12-6-4-5-11(15-2)10(12)9-13(14)7-8-13/h4-6H,3,7-9,14H2,1-2H3. The van der Waals surface area contributed by atoms with Gasteiger partial charge in [0, 0.05) is 11.1 Å². The fourth-order valence-corrected chi connectivity index (χ4v) is 1.89. The Morgan fingerprint density at radius 1 is 1.31 bits per heavy atom. The van der Waals surface area contributed by atoms with Crippen molar-refractivity contribution in [2.24, 2.45) is 5.73 Å². The van der Waals surface area contributed by atoms with E-state index in [4.69, 9.17) is 15.2 Å². The molecule has 1 aliphatic rings. The molecule has 0 spiro atoms. The van der Waals surface area contributed by atoms with Crippen LogP contribution >= 0.6 is 0 Å². The van der Waals surface area contributed by atoms with Crippen molar-refractivity contribution >= 4 is 0 Å². The van der Waals surface area contributed by atoms with Gasteiger partial charge in [-0.15, -0.1) is 0 Å². The van der Waals surface area contributed by atoms with Gasteiger partial charge in [-0.05, 0) is 38.3 Å². The first kappa shape index (κ1) is 11.3. The van der Waals surface area contributed by atoms with Gasteiger partial charge in [0.05, 0.1) is 13.7 Å². The first-order valence-corrected chi connectivity index (χ1v) is 5.76. The Bertz CT molecular complexity index is 372. The second-order valence-corrected chi connectivity index (χ2v) is 4.41. The summed E-state index contributed by atoms with van der Waals surface area (Å²) < 4.78 is 11.0. The summed E-state index contributed by atoms with van der Waals surface area (Å²) in [6.45, 7) is 2.65. The van der Waals surface area contributed by atoms with Gasteiger partial charge in [0.1, 0.15) is 11.5 Å². The smallest absolute Gasteiger partial charge is 0.126 e. The highest BCUT2D eigenvalue weighted by Crippen LogP contribution is 2.40. The zero-order valence-electron chi connectivity index (χ0n) is 9.95. The first-order chi connectivity index (χ1) is 7.68. The summed E-state index contributed by atoms with van der Waals surface area (Å²) in [5, 5.41) is 0. The van der Waals surface area contributed by atoms with Crippen molar-refractivity contribution in [2.45, 2.75) is 31.7 Å². The average Bonchev–Trinajstić information content (AvgIpc) is 2.99. The van der Waals surface area contributed by atoms with Crippen molar-refractivity contribution in [3.63, 3.8) is 0 Å². The fraction of sp³-hybridized carbons (Fsp3) is 0.538. The average molecular weight is 221 g/mol. The highest BCUT2D eigenvalue weighted by Gasteiger charge is 2.39. The second-order valence-electron chi connectivity index (χ2n) is 4.41. The molecule has 1 fully saturated rings. The van der Waals surface area contributed by atoms with Gasteiger partial charge in [-0.25, -0.2) is 0 Å². The molecular weight excluding hydrogens is 202 g/mol. The molecule has 0 radical (unpaired) electrons. The number of rotatable bonds is 5. The van der Waals surface area contributed by atoms with Crippen LogP contribution in [0.3, 0.4) is 0 Å². The van der Waals surface area contributed by atoms with Gasteiger partial charge in [-0.2, -0.15) is 0 Å². The molecule has 2 N–H and O–H groups in total. The van der Waals surface area contributed by atoms with Gasteiger partial charge in [0.2, 0.25) is 0 Å². The Morgan fingerprint density at radius 2 is 2.00 bits per heavy atom. The highest BCUT2D eigenvalue weighted by atomic mass is 16.5. The molecule has 3 nitrogen and oxygen atoms in total. The SMILES string of the molecule is CCOc1cccc(OC)c1CC1(N)CC1. The summed E-state index contributed by atoms with van der Waals surface area (Å²) >= 11 is 0. The normalized spacial score (nSPS) is 16.9. The summed E-state index contributed by atoms with van der Waals surface area (Å²) in [4.78, 5) is 0. The van der Waals surface area contributed by atoms with E-state index in [0.717, 1.165) is 36.3 Å². The summed E-state index contributed by atoms with van der Waals surface area (Å²) in [6.07, 6.45) is 3.03. The van der Waals surface area contributed by atoms with Crippen LogP contribution in [0.1, 0.15) is 25.3 Å². The molecule has 0 saturated heterocycles. The first-order valence-electron chi connectivity index (χ1n) is 5.76. The molecule has 0 bridgehead atoms. The lowest BCUT2D eigenvalue weighted by Crippen LogP contribution is -2.25. The lowest BCUT2D eigenvalue weighted by atomic mass is 10.0. The van der Waals surface area contributed by atoms with Crippen molar-refractivity contribution < 1.29 is 9.47 Å². The predicted molar refractivity (Wildman–Crippen MR) is 64.0 cm³/mol. The Kier molecular flexibility index (Phi) is 3.06. The van der Waals surface area contributed by atoms with Gasteiger partial charge in [0.25, 0.3) is 0 Å². The van der Waals surface area contributed by atoms with Crippen LogP contribution < -0.4 is 15.2 Å². The molecule has 0 amide bonds. The molecular formula is C13H19NO2. The van der Waals surface area contributed by atoms with E-state index >= 15 is 0 Å². The molecule has 88 valence electrons. The van der Waals surface area contributed by atoms with Crippen LogP contribution in [-0.2, 0) is 6.42 Å². The Hall–Kier alpha value is -1.22. The number of methoxy groups -OCH3 is 1. The molecule has 16 heavy (non-hydrogen) atoms. The van der Waals surface area contributed by atoms with Crippen LogP contribution in [0.25, 0.3) is 0 Å². The lowest BCUT2D eigenvalue weighted by molar-refractivity contribution is 0.329. The van der Waals surface area contributed by atoms with Crippen LogP contribution in [0, 0.1) is 0 Å². The van der Waals surface area contributed by atoms with Crippen LogP contribution in [0.5, 0.6) is 11.5 Å². The van der Waals surface area contributed by atoms with Gasteiger partial charge in [0.15, 0.2) is 0 Å². The third kappa shape index (κ3) is 2.30. The number of benzene rings is 1. The zero-order chi connectivity index (χ0) is 11.6. The zero-order valence-corrected chi connectivity index (χ0v) is 9.95. The molecule has 1 aromatic rings. The third-order valence-electron chi connectivity index (χ3n) is 3.03. The minimum atomic E-state index is -0.0273. The van der Waals surface area contributed by atoms with Gasteiger partial charge < -0.3 is 15.2 Å². The number of nitrogens with two attached hydrogens (primary N) is 1. The highest BCUT2D eigenvalue weighted by molar-refractivity contribution is 5.46. The van der Waals surface area contributed by atoms with Crippen LogP contribution in [-0.4, -0.2) is 19.3 Å². The van der Waals surface area contributed by atoms with Gasteiger partial charge >= 0.3 is 0 Å². The molecule has 0 aliphatic heterocycles. The summed E-state index contributed by atoms with van der Waals surface area (Å²) in [5.41, 5.74) is 7.23. The van der Waals surface area contributed by atoms with Crippen molar-refractivity contribution in [3.8, 4) is 11.5 Å². The van der Waals surface area contributed by atoms with Crippen molar-refractivity contribution in [1.82, 2.24) is 0 Å². The Morgan fingerprint density at radius 3 is 2.56 bits per heavy atom. The van der Waals surface area contributed by atoms with E-state index in [1.54, 1.807) is 7.11 Å². The minimum absolute atomic E-state index is 0.0273. The molecule has 3 heteroatoms. The summed E-state index contributed by atoms with van der Waals surface area (Å²) in [5.74, 6) is 1.78. The maximum absolute atomic E-state index is 6.16. The van der Waals surface area contributed by atoms with E-state index in [-0.39, 0.29) is 5.54 Å². The molecule has 0 aromatic heterocycles. The van der Waals surface area contributed by atoms with E-state index in [1.807, 2.05) is 25.1 Å². The van der Waals surface area contributed by atoms with E-state index in [1.165, 1.54) is 0 Å². The largest absolute Gasteiger partial charge is 0.496 e. The molecule has 0 unspecified atom stereocenters. The van der Waals surface area contributed by atoms with E-state index in [2.05, 4.69) is 0 Å². The predicted octanol–water partition coefficient (Wildman–Crippen LogP) is 2.13. The quantitative estimate of drug-likeness (QED) is 0.828. The van der Waals surface area contributed by atoms with Crippen molar-refractivity contribution in [1.29, 1.82) is 0 Å². The van der Waals surface area contributed by atoms with Gasteiger partial charge in [-0.1, -0.05) is 6.07 Å². The molecule has 1 aliphatic carbocycles. The monoisotopic (exact) mass is 221 g/mol. The molecule has 0 heterocycles. The van der Waals surface area contributed by atoms with Crippen LogP contribution in [0.2, 0.25) is 0 Å². The lowest BCUT2D eigenvalue weighted by Gasteiger charge is -2.16. The van der Waals surface area contributed by atoms with Crippen LogP contribution in [0.15, 0.2) is 18.2 Å². The third-order valence-corrected chi connectivity index (χ3v) is 3.03. The van der Waals surface area contributed by atoms with Crippen LogP contribution in [0.4, 0.5) is 0 Å². The molecule has 1 saturated carbocycles. The summed E-state index contributed by atoms with van der Waals surface area (Å²) in [7, 11) is 1.69. The molecule has 0 atom stereocenters. The fourth-order valence-electron chi connectivity index (χ4n) is 1.89. The molecule has 1 aromatic carbocycles.